The van der Waals surface area contributed by atoms with Gasteiger partial charge in [0, 0.05) is 64.2 Å². The first-order valence-corrected chi connectivity index (χ1v) is 11.6. The van der Waals surface area contributed by atoms with E-state index in [1.807, 2.05) is 35.2 Å². The predicted octanol–water partition coefficient (Wildman–Crippen LogP) is 2.38. The molecular weight excluding hydrogens is 414 g/mol. The second-order valence-electron chi connectivity index (χ2n) is 8.43. The first kappa shape index (κ1) is 21.3. The molecule has 1 atom stereocenters. The molecule has 0 radical (unpaired) electrons. The topological polar surface area (TPSA) is 77.5 Å². The van der Waals surface area contributed by atoms with Gasteiger partial charge in [-0.3, -0.25) is 4.79 Å². The highest BCUT2D eigenvalue weighted by Gasteiger charge is 2.25. The minimum absolute atomic E-state index is 0.0116. The summed E-state index contributed by atoms with van der Waals surface area (Å²) >= 11 is 0. The average molecular weight is 444 g/mol. The largest absolute Gasteiger partial charge is 0.353 e. The van der Waals surface area contributed by atoms with Gasteiger partial charge in [-0.05, 0) is 30.2 Å². The average Bonchev–Trinajstić information content (AvgIpc) is 3.16. The quantitative estimate of drug-likeness (QED) is 0.663. The van der Waals surface area contributed by atoms with Gasteiger partial charge in [-0.1, -0.05) is 36.4 Å². The van der Waals surface area contributed by atoms with E-state index >= 15 is 0 Å². The zero-order valence-corrected chi connectivity index (χ0v) is 18.7. The molecule has 0 saturated carbocycles. The predicted molar refractivity (Wildman–Crippen MR) is 128 cm³/mol. The minimum Gasteiger partial charge on any atom is -0.353 e. The van der Waals surface area contributed by atoms with Crippen molar-refractivity contribution in [1.82, 2.24) is 25.2 Å². The van der Waals surface area contributed by atoms with E-state index in [-0.39, 0.29) is 11.9 Å². The lowest BCUT2D eigenvalue weighted by atomic mass is 10.0. The van der Waals surface area contributed by atoms with E-state index in [1.165, 1.54) is 5.56 Å². The van der Waals surface area contributed by atoms with Crippen molar-refractivity contribution in [3.8, 4) is 0 Å². The molecule has 2 saturated heterocycles. The zero-order chi connectivity index (χ0) is 22.5. The Kier molecular flexibility index (Phi) is 6.44. The molecule has 33 heavy (non-hydrogen) atoms. The number of aromatic nitrogens is 3. The van der Waals surface area contributed by atoms with Gasteiger partial charge in [-0.25, -0.2) is 15.0 Å². The monoisotopic (exact) mass is 443 g/mol. The van der Waals surface area contributed by atoms with E-state index in [1.54, 1.807) is 12.4 Å². The van der Waals surface area contributed by atoms with E-state index in [0.717, 1.165) is 44.4 Å². The maximum atomic E-state index is 13.3. The fourth-order valence-corrected chi connectivity index (χ4v) is 4.52. The van der Waals surface area contributed by atoms with Gasteiger partial charge in [0.1, 0.15) is 11.5 Å². The third kappa shape index (κ3) is 4.96. The Labute approximate surface area is 194 Å². The molecule has 0 spiro atoms. The molecule has 170 valence electrons. The van der Waals surface area contributed by atoms with Crippen LogP contribution in [0.1, 0.15) is 28.5 Å². The van der Waals surface area contributed by atoms with Gasteiger partial charge in [-0.15, -0.1) is 0 Å². The lowest BCUT2D eigenvalue weighted by molar-refractivity contribution is 0.0761. The summed E-state index contributed by atoms with van der Waals surface area (Å²) in [6.45, 7) is 5.45. The summed E-state index contributed by atoms with van der Waals surface area (Å²) in [4.78, 5) is 33.1. The molecule has 1 aromatic carbocycles. The highest BCUT2D eigenvalue weighted by Crippen LogP contribution is 2.22. The number of anilines is 2. The van der Waals surface area contributed by atoms with Crippen molar-refractivity contribution < 1.29 is 4.79 Å². The number of nitrogens with zero attached hydrogens (tertiary/aromatic N) is 6. The molecular formula is C25H29N7O. The van der Waals surface area contributed by atoms with Crippen molar-refractivity contribution in [3.05, 3.63) is 78.2 Å². The highest BCUT2D eigenvalue weighted by molar-refractivity contribution is 5.92. The van der Waals surface area contributed by atoms with Crippen molar-refractivity contribution in [1.29, 1.82) is 0 Å². The Balaban J connectivity index is 1.26. The van der Waals surface area contributed by atoms with Crippen molar-refractivity contribution in [3.63, 3.8) is 0 Å². The maximum absolute atomic E-state index is 13.3. The van der Waals surface area contributed by atoms with Crippen LogP contribution in [0.5, 0.6) is 0 Å². The van der Waals surface area contributed by atoms with Crippen LogP contribution in [-0.2, 0) is 0 Å². The van der Waals surface area contributed by atoms with Crippen LogP contribution < -0.4 is 15.1 Å². The summed E-state index contributed by atoms with van der Waals surface area (Å²) in [5.74, 6) is 1.57. The molecule has 4 heterocycles. The number of rotatable bonds is 4. The van der Waals surface area contributed by atoms with Crippen molar-refractivity contribution in [2.24, 2.45) is 0 Å². The standard InChI is InChI=1S/C25H29N7O/c33-24(30-14-6-15-31(18-17-30)25-27-11-5-12-28-25)21-9-4-10-23(29-21)32-16-13-26-22(19-32)20-7-2-1-3-8-20/h1-5,7-12,22,26H,6,13-19H2. The fraction of sp³-hybridized carbons (Fsp3) is 0.360. The first-order chi connectivity index (χ1) is 16.3. The molecule has 8 heteroatoms. The van der Waals surface area contributed by atoms with Crippen LogP contribution in [0.15, 0.2) is 67.0 Å². The number of carbonyl (C=O) groups is 1. The van der Waals surface area contributed by atoms with Crippen LogP contribution in [0.25, 0.3) is 0 Å². The summed E-state index contributed by atoms with van der Waals surface area (Å²) in [5, 5.41) is 3.59. The molecule has 2 aliphatic rings. The van der Waals surface area contributed by atoms with Crippen LogP contribution in [0.4, 0.5) is 11.8 Å². The summed E-state index contributed by atoms with van der Waals surface area (Å²) < 4.78 is 0. The van der Waals surface area contributed by atoms with E-state index < -0.39 is 0 Å². The Bertz CT molecular complexity index is 1060. The number of carbonyl (C=O) groups excluding carboxylic acids is 1. The molecule has 3 aromatic rings. The number of benzene rings is 1. The lowest BCUT2D eigenvalue weighted by Crippen LogP contribution is -2.46. The molecule has 1 unspecified atom stereocenters. The fourth-order valence-electron chi connectivity index (χ4n) is 4.52. The van der Waals surface area contributed by atoms with Crippen LogP contribution >= 0.6 is 0 Å². The van der Waals surface area contributed by atoms with Crippen molar-refractivity contribution in [2.75, 3.05) is 55.6 Å². The first-order valence-electron chi connectivity index (χ1n) is 11.6. The third-order valence-corrected chi connectivity index (χ3v) is 6.27. The molecule has 1 N–H and O–H groups in total. The zero-order valence-electron chi connectivity index (χ0n) is 18.7. The van der Waals surface area contributed by atoms with Crippen LogP contribution in [-0.4, -0.2) is 71.6 Å². The summed E-state index contributed by atoms with van der Waals surface area (Å²) in [6, 6.07) is 18.3. The van der Waals surface area contributed by atoms with Gasteiger partial charge in [-0.2, -0.15) is 0 Å². The molecule has 5 rings (SSSR count). The van der Waals surface area contributed by atoms with Crippen molar-refractivity contribution in [2.45, 2.75) is 12.5 Å². The van der Waals surface area contributed by atoms with Gasteiger partial charge in [0.05, 0.1) is 0 Å². The molecule has 0 aliphatic carbocycles. The van der Waals surface area contributed by atoms with Gasteiger partial charge in [0.2, 0.25) is 5.95 Å². The number of amides is 1. The van der Waals surface area contributed by atoms with E-state index in [4.69, 9.17) is 4.98 Å². The number of piperazine rings is 1. The molecule has 2 aliphatic heterocycles. The number of pyridine rings is 1. The minimum atomic E-state index is -0.0116. The second kappa shape index (κ2) is 9.95. The van der Waals surface area contributed by atoms with Crippen LogP contribution in [0, 0.1) is 0 Å². The van der Waals surface area contributed by atoms with Crippen LogP contribution in [0.3, 0.4) is 0 Å². The van der Waals surface area contributed by atoms with Gasteiger partial charge in [0.15, 0.2) is 0 Å². The number of hydrogen-bond acceptors (Lipinski definition) is 7. The lowest BCUT2D eigenvalue weighted by Gasteiger charge is -2.35. The normalized spacial score (nSPS) is 19.3. The smallest absolute Gasteiger partial charge is 0.272 e. The second-order valence-corrected chi connectivity index (χ2v) is 8.43. The summed E-state index contributed by atoms with van der Waals surface area (Å²) in [5.41, 5.74) is 1.78. The van der Waals surface area contributed by atoms with Gasteiger partial charge >= 0.3 is 0 Å². The number of hydrogen-bond donors (Lipinski definition) is 1. The molecule has 1 amide bonds. The summed E-state index contributed by atoms with van der Waals surface area (Å²) in [6.07, 6.45) is 4.38. The Hall–Kier alpha value is -3.52. The Morgan fingerprint density at radius 3 is 2.55 bits per heavy atom. The van der Waals surface area contributed by atoms with E-state index in [2.05, 4.69) is 49.4 Å². The molecule has 2 fully saturated rings. The maximum Gasteiger partial charge on any atom is 0.272 e. The molecule has 8 nitrogen and oxygen atoms in total. The SMILES string of the molecule is O=C(c1cccc(N2CCNC(c3ccccc3)C2)n1)N1CCCN(c2ncccn2)CC1. The van der Waals surface area contributed by atoms with E-state index in [9.17, 15) is 4.79 Å². The third-order valence-electron chi connectivity index (χ3n) is 6.27. The summed E-state index contributed by atoms with van der Waals surface area (Å²) in [7, 11) is 0. The Morgan fingerprint density at radius 2 is 1.70 bits per heavy atom. The number of nitrogens with one attached hydrogen (secondary N) is 1. The highest BCUT2D eigenvalue weighted by atomic mass is 16.2. The Morgan fingerprint density at radius 1 is 0.848 bits per heavy atom. The van der Waals surface area contributed by atoms with Crippen molar-refractivity contribution >= 4 is 17.7 Å². The molecule has 0 bridgehead atoms. The van der Waals surface area contributed by atoms with E-state index in [0.29, 0.717) is 25.3 Å². The van der Waals surface area contributed by atoms with Gasteiger partial charge < -0.3 is 20.0 Å². The van der Waals surface area contributed by atoms with Gasteiger partial charge in [0.25, 0.3) is 5.91 Å². The van der Waals surface area contributed by atoms with Crippen LogP contribution in [0.2, 0.25) is 0 Å². The molecule has 2 aromatic heterocycles.